The molecule has 0 bridgehead atoms. The van der Waals surface area contributed by atoms with Gasteiger partial charge in [0.05, 0.1) is 11.5 Å². The summed E-state index contributed by atoms with van der Waals surface area (Å²) in [5.41, 5.74) is 2.41. The number of aryl methyl sites for hydroxylation is 2. The third-order valence-corrected chi connectivity index (χ3v) is 6.68. The van der Waals surface area contributed by atoms with Crippen molar-refractivity contribution in [1.29, 1.82) is 5.26 Å². The predicted octanol–water partition coefficient (Wildman–Crippen LogP) is 8.70. The number of hydrogen-bond acceptors (Lipinski definition) is 5. The maximum atomic E-state index is 13.7. The number of rotatable bonds is 9. The molecule has 0 unspecified atom stereocenters. The van der Waals surface area contributed by atoms with E-state index in [0.717, 1.165) is 22.3 Å². The normalized spacial score (nSPS) is 12.8. The van der Waals surface area contributed by atoms with Gasteiger partial charge in [-0.1, -0.05) is 90.0 Å². The van der Waals surface area contributed by atoms with E-state index < -0.39 is 28.6 Å². The van der Waals surface area contributed by atoms with E-state index in [-0.39, 0.29) is 12.8 Å². The number of esters is 2. The molecule has 0 fully saturated rings. The lowest BCUT2D eigenvalue weighted by atomic mass is 9.71. The van der Waals surface area contributed by atoms with Crippen molar-refractivity contribution in [3.8, 4) is 6.07 Å². The van der Waals surface area contributed by atoms with Gasteiger partial charge in [0.2, 0.25) is 0 Å². The van der Waals surface area contributed by atoms with Gasteiger partial charge in [-0.3, -0.25) is 0 Å². The fourth-order valence-corrected chi connectivity index (χ4v) is 4.60. The lowest BCUT2D eigenvalue weighted by molar-refractivity contribution is -0.150. The van der Waals surface area contributed by atoms with Crippen LogP contribution in [0.2, 0.25) is 0 Å². The fourth-order valence-electron chi connectivity index (χ4n) is 4.60. The topological polar surface area (TPSA) is 76.4 Å². The molecule has 0 atom stereocenters. The molecule has 0 aliphatic carbocycles. The number of carbonyl (C=O) groups is 2. The third kappa shape index (κ3) is 10.1. The number of benzene rings is 3. The Balaban J connectivity index is 2.22. The second kappa shape index (κ2) is 13.7. The minimum Gasteiger partial charge on any atom is -0.457 e. The average molecular weight is 578 g/mol. The van der Waals surface area contributed by atoms with Crippen molar-refractivity contribution in [2.24, 2.45) is 0 Å². The van der Waals surface area contributed by atoms with Crippen molar-refractivity contribution in [2.45, 2.75) is 84.8 Å². The number of carbonyl (C=O) groups excluding carboxylic acids is 2. The largest absolute Gasteiger partial charge is 0.457 e. The molecule has 0 radical (unpaired) electrons. The summed E-state index contributed by atoms with van der Waals surface area (Å²) in [5, 5.41) is 11.0. The minimum atomic E-state index is -1.29. The van der Waals surface area contributed by atoms with E-state index in [9.17, 15) is 14.9 Å². The van der Waals surface area contributed by atoms with Crippen LogP contribution in [-0.4, -0.2) is 23.1 Å². The van der Waals surface area contributed by atoms with Crippen LogP contribution in [0.5, 0.6) is 0 Å². The van der Waals surface area contributed by atoms with Crippen LogP contribution in [-0.2, 0) is 24.5 Å². The molecule has 3 rings (SSSR count). The quantitative estimate of drug-likeness (QED) is 0.188. The zero-order valence-electron chi connectivity index (χ0n) is 26.7. The lowest BCUT2D eigenvalue weighted by Gasteiger charge is -2.31. The van der Waals surface area contributed by atoms with E-state index in [4.69, 9.17) is 9.47 Å². The molecular weight excluding hydrogens is 534 g/mol. The Hall–Kier alpha value is -4.43. The van der Waals surface area contributed by atoms with Crippen molar-refractivity contribution >= 4 is 24.1 Å². The second-order valence-corrected chi connectivity index (χ2v) is 13.1. The van der Waals surface area contributed by atoms with E-state index in [1.54, 1.807) is 12.2 Å². The Kier molecular flexibility index (Phi) is 10.5. The van der Waals surface area contributed by atoms with E-state index in [0.29, 0.717) is 16.7 Å². The molecule has 0 aliphatic rings. The second-order valence-electron chi connectivity index (χ2n) is 13.1. The molecule has 5 heteroatoms. The highest BCUT2D eigenvalue weighted by Crippen LogP contribution is 2.39. The summed E-state index contributed by atoms with van der Waals surface area (Å²) >= 11 is 0. The maximum Gasteiger partial charge on any atom is 0.334 e. The van der Waals surface area contributed by atoms with Crippen LogP contribution in [0.1, 0.15) is 82.2 Å². The lowest BCUT2D eigenvalue weighted by Crippen LogP contribution is -2.32. The zero-order chi connectivity index (χ0) is 31.8. The summed E-state index contributed by atoms with van der Waals surface area (Å²) in [6.45, 7) is 14.9. The number of hydrogen-bond donors (Lipinski definition) is 0. The fraction of sp³-hybridized carbons (Fsp3) is 0.342. The van der Waals surface area contributed by atoms with Crippen molar-refractivity contribution in [3.63, 3.8) is 0 Å². The highest BCUT2D eigenvalue weighted by atomic mass is 16.6. The molecule has 5 nitrogen and oxygen atoms in total. The summed E-state index contributed by atoms with van der Waals surface area (Å²) in [7, 11) is 0. The molecule has 0 saturated carbocycles. The first-order valence-electron chi connectivity index (χ1n) is 14.6. The monoisotopic (exact) mass is 577 g/mol. The van der Waals surface area contributed by atoms with Crippen molar-refractivity contribution in [2.75, 3.05) is 0 Å². The molecule has 0 spiro atoms. The summed E-state index contributed by atoms with van der Waals surface area (Å²) in [6.07, 6.45) is 3.59. The van der Waals surface area contributed by atoms with Gasteiger partial charge in [-0.15, -0.1) is 0 Å². The van der Waals surface area contributed by atoms with Gasteiger partial charge in [-0.25, -0.2) is 9.59 Å². The molecule has 3 aromatic carbocycles. The molecule has 43 heavy (non-hydrogen) atoms. The van der Waals surface area contributed by atoms with Gasteiger partial charge >= 0.3 is 11.9 Å². The Morgan fingerprint density at radius 1 is 0.651 bits per heavy atom. The maximum absolute atomic E-state index is 13.7. The first-order valence-corrected chi connectivity index (χ1v) is 14.6. The van der Waals surface area contributed by atoms with Crippen molar-refractivity contribution < 1.29 is 19.1 Å². The zero-order valence-corrected chi connectivity index (χ0v) is 26.7. The highest BCUT2D eigenvalue weighted by Gasteiger charge is 2.39. The standard InChI is InChI=1S/C38H43NO4/c1-27-14-18-29(19-15-27)22-31(34(40)42-36(3,4)5)24-38(26-39,33-12-10-9-11-13-33)25-32(35(41)43-37(6,7)8)23-30-20-16-28(2)17-21-30/h9-23H,24-25H2,1-8H3/b31-22+,32-23+. The molecular formula is C38H43NO4. The summed E-state index contributed by atoms with van der Waals surface area (Å²) < 4.78 is 11.6. The first kappa shape index (κ1) is 33.1. The Morgan fingerprint density at radius 2 is 1.02 bits per heavy atom. The van der Waals surface area contributed by atoms with E-state index in [1.807, 2.05) is 134 Å². The molecule has 0 aliphatic heterocycles. The van der Waals surface area contributed by atoms with Crippen LogP contribution in [0.15, 0.2) is 90.0 Å². The summed E-state index contributed by atoms with van der Waals surface area (Å²) in [4.78, 5) is 27.4. The third-order valence-electron chi connectivity index (χ3n) is 6.68. The average Bonchev–Trinajstić information content (AvgIpc) is 2.92. The molecule has 0 heterocycles. The number of nitrogens with zero attached hydrogens (tertiary/aromatic N) is 1. The van der Waals surface area contributed by atoms with E-state index in [2.05, 4.69) is 6.07 Å². The summed E-state index contributed by atoms with van der Waals surface area (Å²) in [6, 6.07) is 27.4. The van der Waals surface area contributed by atoms with Gasteiger partial charge in [0, 0.05) is 24.0 Å². The van der Waals surface area contributed by atoms with Crippen LogP contribution in [0.3, 0.4) is 0 Å². The SMILES string of the molecule is Cc1ccc(/C=C(\CC(C#N)(C/C(=C\c2ccc(C)cc2)C(=O)OC(C)(C)C)c2ccccc2)C(=O)OC(C)(C)C)cc1. The van der Waals surface area contributed by atoms with Gasteiger partial charge < -0.3 is 9.47 Å². The molecule has 3 aromatic rings. The highest BCUT2D eigenvalue weighted by molar-refractivity contribution is 5.96. The van der Waals surface area contributed by atoms with Crippen LogP contribution in [0.4, 0.5) is 0 Å². The van der Waals surface area contributed by atoms with Crippen LogP contribution in [0, 0.1) is 25.2 Å². The molecule has 0 amide bonds. The van der Waals surface area contributed by atoms with Crippen LogP contribution < -0.4 is 0 Å². The van der Waals surface area contributed by atoms with Gasteiger partial charge in [0.25, 0.3) is 0 Å². The van der Waals surface area contributed by atoms with Crippen LogP contribution >= 0.6 is 0 Å². The smallest absolute Gasteiger partial charge is 0.334 e. The van der Waals surface area contributed by atoms with Gasteiger partial charge in [-0.05, 0) is 84.2 Å². The Labute approximate surface area is 256 Å². The van der Waals surface area contributed by atoms with Crippen molar-refractivity contribution in [1.82, 2.24) is 0 Å². The Morgan fingerprint density at radius 3 is 1.35 bits per heavy atom. The predicted molar refractivity (Wildman–Crippen MR) is 173 cm³/mol. The number of ether oxygens (including phenoxy) is 2. The van der Waals surface area contributed by atoms with Gasteiger partial charge in [0.1, 0.15) is 11.2 Å². The van der Waals surface area contributed by atoms with Gasteiger partial charge in [-0.2, -0.15) is 5.26 Å². The molecule has 224 valence electrons. The number of nitriles is 1. The first-order chi connectivity index (χ1) is 20.1. The van der Waals surface area contributed by atoms with Crippen LogP contribution in [0.25, 0.3) is 12.2 Å². The molecule has 0 saturated heterocycles. The molecule has 0 aromatic heterocycles. The summed E-state index contributed by atoms with van der Waals surface area (Å²) in [5.74, 6) is -1.02. The molecule has 0 N–H and O–H groups in total. The minimum absolute atomic E-state index is 0.0182. The van der Waals surface area contributed by atoms with E-state index >= 15 is 0 Å². The van der Waals surface area contributed by atoms with E-state index in [1.165, 1.54) is 0 Å². The van der Waals surface area contributed by atoms with Gasteiger partial charge in [0.15, 0.2) is 0 Å². The van der Waals surface area contributed by atoms with Crippen molar-refractivity contribution in [3.05, 3.63) is 118 Å². The Bertz CT molecular complexity index is 1420.